The average Bonchev–Trinajstić information content (AvgIpc) is 2.46. The lowest BCUT2D eigenvalue weighted by Crippen LogP contribution is -2.41. The molecule has 0 saturated carbocycles. The summed E-state index contributed by atoms with van der Waals surface area (Å²) in [5.74, 6) is 0. The summed E-state index contributed by atoms with van der Waals surface area (Å²) in [6, 6.07) is 5.42. The van der Waals surface area contributed by atoms with Crippen molar-refractivity contribution >= 4 is 11.4 Å². The van der Waals surface area contributed by atoms with E-state index in [4.69, 9.17) is 0 Å². The lowest BCUT2D eigenvalue weighted by atomic mass is 10.1. The first-order chi connectivity index (χ1) is 9.58. The number of nitrogens with one attached hydrogen (secondary N) is 1. The van der Waals surface area contributed by atoms with Crippen LogP contribution in [-0.4, -0.2) is 35.5 Å². The summed E-state index contributed by atoms with van der Waals surface area (Å²) in [6.45, 7) is 7.33. The Hall–Kier alpha value is -1.62. The fourth-order valence-electron chi connectivity index (χ4n) is 2.66. The second kappa shape index (κ2) is 6.70. The lowest BCUT2D eigenvalue weighted by molar-refractivity contribution is -0.384. The molecule has 0 bridgehead atoms. The summed E-state index contributed by atoms with van der Waals surface area (Å²) < 4.78 is 0. The van der Waals surface area contributed by atoms with Gasteiger partial charge in [0.25, 0.3) is 5.69 Å². The van der Waals surface area contributed by atoms with Crippen LogP contribution >= 0.6 is 0 Å². The van der Waals surface area contributed by atoms with Crippen molar-refractivity contribution in [1.82, 2.24) is 4.90 Å². The molecule has 5 nitrogen and oxygen atoms in total. The van der Waals surface area contributed by atoms with Crippen LogP contribution in [0, 0.1) is 17.0 Å². The second-order valence-corrected chi connectivity index (χ2v) is 5.58. The Balaban J connectivity index is 1.95. The predicted octanol–water partition coefficient (Wildman–Crippen LogP) is 3.19. The minimum absolute atomic E-state index is 0.142. The van der Waals surface area contributed by atoms with Gasteiger partial charge >= 0.3 is 0 Å². The van der Waals surface area contributed by atoms with E-state index in [-0.39, 0.29) is 10.6 Å². The van der Waals surface area contributed by atoms with Crippen molar-refractivity contribution < 1.29 is 4.92 Å². The molecule has 1 aliphatic rings. The van der Waals surface area contributed by atoms with Gasteiger partial charge in [-0.25, -0.2) is 0 Å². The third kappa shape index (κ3) is 3.70. The van der Waals surface area contributed by atoms with E-state index in [1.165, 1.54) is 19.3 Å². The first-order valence-electron chi connectivity index (χ1n) is 7.31. The number of likely N-dealkylation sites (tertiary alicyclic amines) is 1. The Morgan fingerprint density at radius 1 is 1.35 bits per heavy atom. The molecule has 1 fully saturated rings. The largest absolute Gasteiger partial charge is 0.383 e. The third-order valence-electron chi connectivity index (χ3n) is 4.03. The predicted molar refractivity (Wildman–Crippen MR) is 81.2 cm³/mol. The van der Waals surface area contributed by atoms with Crippen LogP contribution in [0.2, 0.25) is 0 Å². The molecule has 1 heterocycles. The minimum Gasteiger partial charge on any atom is -0.383 e. The average molecular weight is 277 g/mol. The molecule has 1 N–H and O–H groups in total. The van der Waals surface area contributed by atoms with Crippen LogP contribution in [0.5, 0.6) is 0 Å². The number of nitro benzene ring substituents is 1. The molecular formula is C15H23N3O2. The van der Waals surface area contributed by atoms with Crippen LogP contribution in [0.3, 0.4) is 0 Å². The standard InChI is InChI=1S/C15H23N3O2/c1-12-6-7-14(18(19)20)10-15(12)16-11-13(2)17-8-4-3-5-9-17/h6-7,10,13,16H,3-5,8-9,11H2,1-2H3. The molecule has 110 valence electrons. The van der Waals surface area contributed by atoms with Crippen molar-refractivity contribution in [1.29, 1.82) is 0 Å². The van der Waals surface area contributed by atoms with E-state index in [9.17, 15) is 10.1 Å². The normalized spacial score (nSPS) is 17.7. The number of benzene rings is 1. The zero-order valence-corrected chi connectivity index (χ0v) is 12.3. The number of anilines is 1. The fraction of sp³-hybridized carbons (Fsp3) is 0.600. The van der Waals surface area contributed by atoms with Gasteiger partial charge in [-0.3, -0.25) is 15.0 Å². The van der Waals surface area contributed by atoms with E-state index < -0.39 is 0 Å². The number of non-ortho nitro benzene ring substituents is 1. The number of nitrogens with zero attached hydrogens (tertiary/aromatic N) is 2. The van der Waals surface area contributed by atoms with Crippen molar-refractivity contribution in [2.75, 3.05) is 25.0 Å². The quantitative estimate of drug-likeness (QED) is 0.663. The van der Waals surface area contributed by atoms with Gasteiger partial charge in [-0.1, -0.05) is 12.5 Å². The van der Waals surface area contributed by atoms with Crippen LogP contribution in [-0.2, 0) is 0 Å². The molecule has 1 aromatic rings. The van der Waals surface area contributed by atoms with Gasteiger partial charge in [0.1, 0.15) is 0 Å². The minimum atomic E-state index is -0.349. The highest BCUT2D eigenvalue weighted by molar-refractivity contribution is 5.56. The molecule has 1 atom stereocenters. The van der Waals surface area contributed by atoms with Gasteiger partial charge in [0, 0.05) is 30.4 Å². The van der Waals surface area contributed by atoms with Crippen molar-refractivity contribution in [3.63, 3.8) is 0 Å². The summed E-state index contributed by atoms with van der Waals surface area (Å²) in [6.07, 6.45) is 3.89. The van der Waals surface area contributed by atoms with Gasteiger partial charge < -0.3 is 5.32 Å². The Labute approximate surface area is 120 Å². The molecule has 0 radical (unpaired) electrons. The molecule has 2 rings (SSSR count). The summed E-state index contributed by atoms with van der Waals surface area (Å²) >= 11 is 0. The van der Waals surface area contributed by atoms with E-state index in [2.05, 4.69) is 17.1 Å². The Kier molecular flexibility index (Phi) is 4.95. The highest BCUT2D eigenvalue weighted by Gasteiger charge is 2.17. The lowest BCUT2D eigenvalue weighted by Gasteiger charge is -2.32. The molecule has 1 aliphatic heterocycles. The highest BCUT2D eigenvalue weighted by atomic mass is 16.6. The number of nitro groups is 1. The van der Waals surface area contributed by atoms with E-state index >= 15 is 0 Å². The first kappa shape index (κ1) is 14.8. The highest BCUT2D eigenvalue weighted by Crippen LogP contribution is 2.22. The Bertz CT molecular complexity index is 470. The molecule has 0 spiro atoms. The fourth-order valence-corrected chi connectivity index (χ4v) is 2.66. The molecule has 5 heteroatoms. The van der Waals surface area contributed by atoms with E-state index in [0.717, 1.165) is 30.9 Å². The second-order valence-electron chi connectivity index (χ2n) is 5.58. The number of hydrogen-bond acceptors (Lipinski definition) is 4. The monoisotopic (exact) mass is 277 g/mol. The van der Waals surface area contributed by atoms with Gasteiger partial charge in [0.2, 0.25) is 0 Å². The summed E-state index contributed by atoms with van der Waals surface area (Å²) in [5.41, 5.74) is 2.05. The van der Waals surface area contributed by atoms with Crippen LogP contribution < -0.4 is 5.32 Å². The smallest absolute Gasteiger partial charge is 0.271 e. The van der Waals surface area contributed by atoms with Crippen LogP contribution in [0.25, 0.3) is 0 Å². The van der Waals surface area contributed by atoms with E-state index in [1.807, 2.05) is 6.92 Å². The molecule has 0 aromatic heterocycles. The molecule has 0 amide bonds. The van der Waals surface area contributed by atoms with Gasteiger partial charge in [-0.15, -0.1) is 0 Å². The van der Waals surface area contributed by atoms with Gasteiger partial charge in [-0.05, 0) is 45.3 Å². The van der Waals surface area contributed by atoms with Crippen molar-refractivity contribution in [3.8, 4) is 0 Å². The summed E-state index contributed by atoms with van der Waals surface area (Å²) in [5, 5.41) is 14.2. The van der Waals surface area contributed by atoms with Crippen molar-refractivity contribution in [2.24, 2.45) is 0 Å². The molecular weight excluding hydrogens is 254 g/mol. The van der Waals surface area contributed by atoms with Crippen molar-refractivity contribution in [2.45, 2.75) is 39.2 Å². The molecule has 1 saturated heterocycles. The molecule has 20 heavy (non-hydrogen) atoms. The molecule has 0 aliphatic carbocycles. The maximum atomic E-state index is 10.8. The van der Waals surface area contributed by atoms with Crippen LogP contribution in [0.1, 0.15) is 31.7 Å². The van der Waals surface area contributed by atoms with Gasteiger partial charge in [-0.2, -0.15) is 0 Å². The van der Waals surface area contributed by atoms with Crippen molar-refractivity contribution in [3.05, 3.63) is 33.9 Å². The number of rotatable bonds is 5. The number of piperidine rings is 1. The van der Waals surface area contributed by atoms with Crippen LogP contribution in [0.15, 0.2) is 18.2 Å². The topological polar surface area (TPSA) is 58.4 Å². The van der Waals surface area contributed by atoms with Gasteiger partial charge in [0.15, 0.2) is 0 Å². The Morgan fingerprint density at radius 3 is 2.70 bits per heavy atom. The van der Waals surface area contributed by atoms with Gasteiger partial charge in [0.05, 0.1) is 4.92 Å². The summed E-state index contributed by atoms with van der Waals surface area (Å²) in [4.78, 5) is 13.0. The number of hydrogen-bond donors (Lipinski definition) is 1. The Morgan fingerprint density at radius 2 is 2.05 bits per heavy atom. The number of aryl methyl sites for hydroxylation is 1. The zero-order chi connectivity index (χ0) is 14.5. The summed E-state index contributed by atoms with van der Waals surface area (Å²) in [7, 11) is 0. The maximum Gasteiger partial charge on any atom is 0.271 e. The maximum absolute atomic E-state index is 10.8. The first-order valence-corrected chi connectivity index (χ1v) is 7.31. The SMILES string of the molecule is Cc1ccc([N+](=O)[O-])cc1NCC(C)N1CCCCC1. The van der Waals surface area contributed by atoms with E-state index in [1.54, 1.807) is 18.2 Å². The van der Waals surface area contributed by atoms with Crippen LogP contribution in [0.4, 0.5) is 11.4 Å². The van der Waals surface area contributed by atoms with E-state index in [0.29, 0.717) is 6.04 Å². The third-order valence-corrected chi connectivity index (χ3v) is 4.03. The zero-order valence-electron chi connectivity index (χ0n) is 12.3. The molecule has 1 unspecified atom stereocenters. The molecule has 1 aromatic carbocycles.